The van der Waals surface area contributed by atoms with Crippen LogP contribution in [0.4, 0.5) is 0 Å². The van der Waals surface area contributed by atoms with Crippen LogP contribution in [0.3, 0.4) is 0 Å². The van der Waals surface area contributed by atoms with E-state index in [2.05, 4.69) is 15.3 Å². The zero-order valence-corrected chi connectivity index (χ0v) is 14.2. The first-order valence-corrected chi connectivity index (χ1v) is 9.21. The summed E-state index contributed by atoms with van der Waals surface area (Å²) in [5, 5.41) is 9.26. The van der Waals surface area contributed by atoms with Crippen LogP contribution in [0.1, 0.15) is 28.9 Å². The van der Waals surface area contributed by atoms with Gasteiger partial charge in [0.15, 0.2) is 0 Å². The van der Waals surface area contributed by atoms with Crippen LogP contribution in [0, 0.1) is 5.92 Å². The van der Waals surface area contributed by atoms with Gasteiger partial charge in [0, 0.05) is 32.0 Å². The SMILES string of the molecule is O=C(NC[C@@H]1CCCN(CCCn2cccn2)C1)c1cccs1. The molecule has 0 aromatic carbocycles. The number of nitrogens with zero attached hydrogens (tertiary/aromatic N) is 3. The molecule has 0 radical (unpaired) electrons. The Hall–Kier alpha value is -1.66. The Balaban J connectivity index is 1.37. The van der Waals surface area contributed by atoms with Crippen molar-refractivity contribution in [3.63, 3.8) is 0 Å². The Morgan fingerprint density at radius 3 is 3.13 bits per heavy atom. The predicted molar refractivity (Wildman–Crippen MR) is 92.7 cm³/mol. The van der Waals surface area contributed by atoms with Crippen LogP contribution in [0.2, 0.25) is 0 Å². The largest absolute Gasteiger partial charge is 0.351 e. The molecule has 0 spiro atoms. The third kappa shape index (κ3) is 4.91. The molecule has 1 N–H and O–H groups in total. The van der Waals surface area contributed by atoms with Gasteiger partial charge >= 0.3 is 0 Å². The van der Waals surface area contributed by atoms with Gasteiger partial charge < -0.3 is 10.2 Å². The van der Waals surface area contributed by atoms with E-state index in [1.807, 2.05) is 40.7 Å². The number of aromatic nitrogens is 2. The first kappa shape index (κ1) is 16.2. The minimum Gasteiger partial charge on any atom is -0.351 e. The summed E-state index contributed by atoms with van der Waals surface area (Å²) in [7, 11) is 0. The number of piperidine rings is 1. The minimum absolute atomic E-state index is 0.0656. The molecule has 0 saturated carbocycles. The summed E-state index contributed by atoms with van der Waals surface area (Å²) in [6.45, 7) is 5.13. The van der Waals surface area contributed by atoms with Gasteiger partial charge in [0.2, 0.25) is 0 Å². The van der Waals surface area contributed by atoms with Crippen LogP contribution in [0.5, 0.6) is 0 Å². The zero-order valence-electron chi connectivity index (χ0n) is 13.4. The van der Waals surface area contributed by atoms with Crippen molar-refractivity contribution in [1.82, 2.24) is 20.0 Å². The van der Waals surface area contributed by atoms with Crippen molar-refractivity contribution in [2.24, 2.45) is 5.92 Å². The Bertz CT molecular complexity index is 582. The summed E-state index contributed by atoms with van der Waals surface area (Å²) in [4.78, 5) is 15.3. The lowest BCUT2D eigenvalue weighted by molar-refractivity contribution is 0.0936. The van der Waals surface area contributed by atoms with E-state index in [4.69, 9.17) is 0 Å². The second kappa shape index (κ2) is 8.26. The lowest BCUT2D eigenvalue weighted by Crippen LogP contribution is -2.41. The van der Waals surface area contributed by atoms with Gasteiger partial charge in [-0.3, -0.25) is 9.48 Å². The summed E-state index contributed by atoms with van der Waals surface area (Å²) in [6, 6.07) is 5.76. The first-order valence-electron chi connectivity index (χ1n) is 8.33. The molecular formula is C17H24N4OS. The van der Waals surface area contributed by atoms with Crippen LogP contribution >= 0.6 is 11.3 Å². The molecule has 1 amide bonds. The fourth-order valence-electron chi connectivity index (χ4n) is 3.14. The van der Waals surface area contributed by atoms with Crippen molar-refractivity contribution in [3.05, 3.63) is 40.8 Å². The van der Waals surface area contributed by atoms with Crippen molar-refractivity contribution >= 4 is 17.2 Å². The molecule has 0 unspecified atom stereocenters. The molecule has 0 aliphatic carbocycles. The summed E-state index contributed by atoms with van der Waals surface area (Å²) in [5.41, 5.74) is 0. The van der Waals surface area contributed by atoms with Gasteiger partial charge in [-0.05, 0) is 55.8 Å². The van der Waals surface area contributed by atoms with Gasteiger partial charge in [0.05, 0.1) is 4.88 Å². The highest BCUT2D eigenvalue weighted by molar-refractivity contribution is 7.12. The topological polar surface area (TPSA) is 50.2 Å². The number of amides is 1. The molecule has 2 aromatic rings. The number of carbonyl (C=O) groups excluding carboxylic acids is 1. The average molecular weight is 332 g/mol. The molecule has 0 bridgehead atoms. The lowest BCUT2D eigenvalue weighted by atomic mass is 9.98. The predicted octanol–water partition coefficient (Wildman–Crippen LogP) is 2.48. The van der Waals surface area contributed by atoms with E-state index >= 15 is 0 Å². The monoisotopic (exact) mass is 332 g/mol. The van der Waals surface area contributed by atoms with Gasteiger partial charge in [-0.15, -0.1) is 11.3 Å². The molecule has 3 heterocycles. The number of likely N-dealkylation sites (tertiary alicyclic amines) is 1. The maximum atomic E-state index is 12.0. The Kier molecular flexibility index (Phi) is 5.82. The van der Waals surface area contributed by atoms with Crippen molar-refractivity contribution in [3.8, 4) is 0 Å². The molecule has 1 aliphatic rings. The minimum atomic E-state index is 0.0656. The fourth-order valence-corrected chi connectivity index (χ4v) is 3.78. The van der Waals surface area contributed by atoms with E-state index < -0.39 is 0 Å². The smallest absolute Gasteiger partial charge is 0.261 e. The number of thiophene rings is 1. The second-order valence-electron chi connectivity index (χ2n) is 6.12. The van der Waals surface area contributed by atoms with E-state index in [9.17, 15) is 4.79 Å². The van der Waals surface area contributed by atoms with Gasteiger partial charge in [0.1, 0.15) is 0 Å². The van der Waals surface area contributed by atoms with E-state index in [0.717, 1.165) is 37.5 Å². The molecule has 23 heavy (non-hydrogen) atoms. The zero-order chi connectivity index (χ0) is 15.9. The van der Waals surface area contributed by atoms with Crippen LogP contribution < -0.4 is 5.32 Å². The molecule has 124 valence electrons. The molecule has 1 fully saturated rings. The molecule has 1 saturated heterocycles. The van der Waals surface area contributed by atoms with Gasteiger partial charge in [-0.25, -0.2) is 0 Å². The molecule has 1 atom stereocenters. The maximum absolute atomic E-state index is 12.0. The Morgan fingerprint density at radius 2 is 2.35 bits per heavy atom. The quantitative estimate of drug-likeness (QED) is 0.847. The summed E-state index contributed by atoms with van der Waals surface area (Å²) >= 11 is 1.50. The highest BCUT2D eigenvalue weighted by atomic mass is 32.1. The standard InChI is InChI=1S/C17H24N4OS/c22-17(16-6-2-12-23-16)18-13-15-5-1-8-20(14-15)9-4-11-21-10-3-7-19-21/h2-3,6-7,10,12,15H,1,4-5,8-9,11,13-14H2,(H,18,22)/t15-/m0/s1. The molecule has 2 aromatic heterocycles. The summed E-state index contributed by atoms with van der Waals surface area (Å²) in [6.07, 6.45) is 7.39. The van der Waals surface area contributed by atoms with Crippen molar-refractivity contribution in [1.29, 1.82) is 0 Å². The third-order valence-corrected chi connectivity index (χ3v) is 5.19. The Labute approximate surface area is 141 Å². The van der Waals surface area contributed by atoms with Crippen LogP contribution in [-0.2, 0) is 6.54 Å². The maximum Gasteiger partial charge on any atom is 0.261 e. The van der Waals surface area contributed by atoms with Crippen LogP contribution in [0.25, 0.3) is 0 Å². The average Bonchev–Trinajstić information content (AvgIpc) is 3.26. The lowest BCUT2D eigenvalue weighted by Gasteiger charge is -2.32. The molecule has 6 heteroatoms. The molecule has 3 rings (SSSR count). The van der Waals surface area contributed by atoms with Crippen LogP contribution in [0.15, 0.2) is 36.0 Å². The summed E-state index contributed by atoms with van der Waals surface area (Å²) < 4.78 is 1.99. The molecule has 1 aliphatic heterocycles. The third-order valence-electron chi connectivity index (χ3n) is 4.32. The van der Waals surface area contributed by atoms with E-state index in [1.165, 1.54) is 30.7 Å². The number of aryl methyl sites for hydroxylation is 1. The highest BCUT2D eigenvalue weighted by Crippen LogP contribution is 2.16. The Morgan fingerprint density at radius 1 is 1.39 bits per heavy atom. The molecular weight excluding hydrogens is 308 g/mol. The fraction of sp³-hybridized carbons (Fsp3) is 0.529. The summed E-state index contributed by atoms with van der Waals surface area (Å²) in [5.74, 6) is 0.633. The first-order chi connectivity index (χ1) is 11.3. The number of carbonyl (C=O) groups is 1. The second-order valence-corrected chi connectivity index (χ2v) is 7.07. The van der Waals surface area contributed by atoms with Gasteiger partial charge in [-0.1, -0.05) is 6.07 Å². The van der Waals surface area contributed by atoms with Crippen molar-refractivity contribution < 1.29 is 4.79 Å². The van der Waals surface area contributed by atoms with E-state index in [1.54, 1.807) is 0 Å². The van der Waals surface area contributed by atoms with E-state index in [-0.39, 0.29) is 5.91 Å². The number of hydrogen-bond donors (Lipinski definition) is 1. The van der Waals surface area contributed by atoms with Crippen LogP contribution in [-0.4, -0.2) is 46.8 Å². The molecule has 5 nitrogen and oxygen atoms in total. The number of nitrogens with one attached hydrogen (secondary N) is 1. The van der Waals surface area contributed by atoms with E-state index in [0.29, 0.717) is 5.92 Å². The van der Waals surface area contributed by atoms with Gasteiger partial charge in [0.25, 0.3) is 5.91 Å². The normalized spacial score (nSPS) is 18.9. The number of rotatable bonds is 7. The van der Waals surface area contributed by atoms with Crippen molar-refractivity contribution in [2.75, 3.05) is 26.2 Å². The van der Waals surface area contributed by atoms with Crippen molar-refractivity contribution in [2.45, 2.75) is 25.8 Å². The number of hydrogen-bond acceptors (Lipinski definition) is 4. The highest BCUT2D eigenvalue weighted by Gasteiger charge is 2.20. The van der Waals surface area contributed by atoms with Gasteiger partial charge in [-0.2, -0.15) is 5.10 Å².